The van der Waals surface area contributed by atoms with Crippen molar-refractivity contribution in [2.75, 3.05) is 36.7 Å². The minimum atomic E-state index is -0.357. The van der Waals surface area contributed by atoms with Gasteiger partial charge in [-0.15, -0.1) is 0 Å². The van der Waals surface area contributed by atoms with E-state index in [-0.39, 0.29) is 5.97 Å². The first kappa shape index (κ1) is 23.7. The number of rotatable bonds is 6. The summed E-state index contributed by atoms with van der Waals surface area (Å²) in [7, 11) is 5.37. The van der Waals surface area contributed by atoms with E-state index in [4.69, 9.17) is 26.9 Å². The van der Waals surface area contributed by atoms with Crippen molar-refractivity contribution in [3.63, 3.8) is 0 Å². The van der Waals surface area contributed by atoms with Crippen LogP contribution in [0.5, 0.6) is 0 Å². The zero-order valence-corrected chi connectivity index (χ0v) is 20.5. The second kappa shape index (κ2) is 10.6. The predicted molar refractivity (Wildman–Crippen MR) is 141 cm³/mol. The molecule has 0 aliphatic heterocycles. The Hall–Kier alpha value is -3.46. The summed E-state index contributed by atoms with van der Waals surface area (Å²) in [5.74, 6) is 1.23. The second-order valence-electron chi connectivity index (χ2n) is 8.64. The molecule has 1 aliphatic carbocycles. The number of carbonyl (C=O) groups is 1. The van der Waals surface area contributed by atoms with Crippen LogP contribution >= 0.6 is 12.2 Å². The van der Waals surface area contributed by atoms with E-state index in [2.05, 4.69) is 22.0 Å². The normalized spacial score (nSPS) is 17.6. The zero-order valence-electron chi connectivity index (χ0n) is 19.7. The molecule has 3 N–H and O–H groups in total. The van der Waals surface area contributed by atoms with Crippen molar-refractivity contribution in [1.29, 1.82) is 0 Å². The molecule has 1 aliphatic rings. The van der Waals surface area contributed by atoms with Crippen LogP contribution in [0.4, 0.5) is 17.5 Å². The second-order valence-corrected chi connectivity index (χ2v) is 9.05. The summed E-state index contributed by atoms with van der Waals surface area (Å²) in [6.45, 7) is 0. The van der Waals surface area contributed by atoms with Gasteiger partial charge in [-0.25, -0.2) is 9.78 Å². The standard InChI is InChI=1S/C25H30N6O2S/c1-31(2)22-20-6-4-5-7-21(20)29-24(30-22)26-17-12-14-19(15-13-17)28-25(34)27-18-10-8-16(9-11-18)23(32)33-3/h4-11,17,19H,12-15H2,1-3H3,(H,26,29,30)(H2,27,28,34)/t17-,19+. The van der Waals surface area contributed by atoms with Crippen LogP contribution in [-0.4, -0.2) is 54.3 Å². The fourth-order valence-corrected chi connectivity index (χ4v) is 4.47. The Balaban J connectivity index is 1.29. The van der Waals surface area contributed by atoms with Gasteiger partial charge < -0.3 is 25.6 Å². The van der Waals surface area contributed by atoms with Crippen molar-refractivity contribution in [1.82, 2.24) is 15.3 Å². The van der Waals surface area contributed by atoms with Gasteiger partial charge in [-0.05, 0) is 74.3 Å². The molecule has 0 amide bonds. The Labute approximate surface area is 205 Å². The van der Waals surface area contributed by atoms with Crippen LogP contribution in [0.2, 0.25) is 0 Å². The van der Waals surface area contributed by atoms with E-state index in [1.54, 1.807) is 12.1 Å². The Kier molecular flexibility index (Phi) is 7.42. The molecule has 0 spiro atoms. The van der Waals surface area contributed by atoms with Gasteiger partial charge in [-0.3, -0.25) is 0 Å². The monoisotopic (exact) mass is 478 g/mol. The maximum absolute atomic E-state index is 11.6. The number of thiocarbonyl (C=S) groups is 1. The van der Waals surface area contributed by atoms with Crippen LogP contribution in [0, 0.1) is 0 Å². The molecule has 178 valence electrons. The minimum absolute atomic E-state index is 0.308. The van der Waals surface area contributed by atoms with E-state index in [1.165, 1.54) is 7.11 Å². The molecule has 0 atom stereocenters. The van der Waals surface area contributed by atoms with Crippen molar-refractivity contribution >= 4 is 51.7 Å². The average molecular weight is 479 g/mol. The summed E-state index contributed by atoms with van der Waals surface area (Å²) in [5.41, 5.74) is 2.27. The van der Waals surface area contributed by atoms with E-state index < -0.39 is 0 Å². The highest BCUT2D eigenvalue weighted by Gasteiger charge is 2.23. The van der Waals surface area contributed by atoms with Crippen molar-refractivity contribution in [3.05, 3.63) is 54.1 Å². The topological polar surface area (TPSA) is 91.4 Å². The first-order chi connectivity index (χ1) is 16.4. The number of ether oxygens (including phenoxy) is 1. The van der Waals surface area contributed by atoms with Crippen LogP contribution in [0.25, 0.3) is 10.9 Å². The van der Waals surface area contributed by atoms with E-state index >= 15 is 0 Å². The van der Waals surface area contributed by atoms with Crippen molar-refractivity contribution < 1.29 is 9.53 Å². The maximum atomic E-state index is 11.6. The van der Waals surface area contributed by atoms with Crippen molar-refractivity contribution in [3.8, 4) is 0 Å². The first-order valence-electron chi connectivity index (χ1n) is 11.4. The third-order valence-electron chi connectivity index (χ3n) is 5.97. The highest BCUT2D eigenvalue weighted by molar-refractivity contribution is 7.80. The number of nitrogens with one attached hydrogen (secondary N) is 3. The summed E-state index contributed by atoms with van der Waals surface area (Å²) in [6.07, 6.45) is 3.99. The molecule has 3 aromatic rings. The molecule has 34 heavy (non-hydrogen) atoms. The SMILES string of the molecule is COC(=O)c1ccc(NC(=S)N[C@H]2CC[C@@H](Nc3nc(N(C)C)c4ccccc4n3)CC2)cc1. The van der Waals surface area contributed by atoms with Crippen LogP contribution in [0.3, 0.4) is 0 Å². The lowest BCUT2D eigenvalue weighted by Gasteiger charge is -2.30. The molecule has 1 heterocycles. The molecule has 1 saturated carbocycles. The summed E-state index contributed by atoms with van der Waals surface area (Å²) < 4.78 is 4.73. The molecule has 0 bridgehead atoms. The fourth-order valence-electron chi connectivity index (χ4n) is 4.19. The lowest BCUT2D eigenvalue weighted by atomic mass is 9.91. The lowest BCUT2D eigenvalue weighted by Crippen LogP contribution is -2.42. The molecule has 0 radical (unpaired) electrons. The van der Waals surface area contributed by atoms with Gasteiger partial charge in [0.05, 0.1) is 18.2 Å². The molecule has 4 rings (SSSR count). The third-order valence-corrected chi connectivity index (χ3v) is 6.19. The number of para-hydroxylation sites is 1. The molecule has 8 nitrogen and oxygen atoms in total. The van der Waals surface area contributed by atoms with Crippen molar-refractivity contribution in [2.24, 2.45) is 0 Å². The van der Waals surface area contributed by atoms with Crippen LogP contribution in [-0.2, 0) is 4.74 Å². The van der Waals surface area contributed by atoms with Gasteiger partial charge in [0.15, 0.2) is 5.11 Å². The Morgan fingerprint density at radius 1 is 1.00 bits per heavy atom. The van der Waals surface area contributed by atoms with Crippen LogP contribution < -0.4 is 20.9 Å². The highest BCUT2D eigenvalue weighted by Crippen LogP contribution is 2.26. The third kappa shape index (κ3) is 5.72. The van der Waals surface area contributed by atoms with Crippen LogP contribution in [0.1, 0.15) is 36.0 Å². The smallest absolute Gasteiger partial charge is 0.337 e. The van der Waals surface area contributed by atoms with E-state index in [9.17, 15) is 4.79 Å². The van der Waals surface area contributed by atoms with E-state index in [0.29, 0.717) is 28.7 Å². The number of benzene rings is 2. The summed E-state index contributed by atoms with van der Waals surface area (Å²) >= 11 is 5.49. The van der Waals surface area contributed by atoms with Gasteiger partial charge in [0.2, 0.25) is 5.95 Å². The van der Waals surface area contributed by atoms with Crippen LogP contribution in [0.15, 0.2) is 48.5 Å². The minimum Gasteiger partial charge on any atom is -0.465 e. The number of esters is 1. The molecule has 0 unspecified atom stereocenters. The predicted octanol–water partition coefficient (Wildman–Crippen LogP) is 4.19. The fraction of sp³-hybridized carbons (Fsp3) is 0.360. The van der Waals surface area contributed by atoms with Gasteiger partial charge in [-0.2, -0.15) is 4.98 Å². The number of nitrogens with zero attached hydrogens (tertiary/aromatic N) is 3. The molecule has 1 fully saturated rings. The number of aromatic nitrogens is 2. The van der Waals surface area contributed by atoms with Gasteiger partial charge >= 0.3 is 5.97 Å². The van der Waals surface area contributed by atoms with Crippen molar-refractivity contribution in [2.45, 2.75) is 37.8 Å². The zero-order chi connectivity index (χ0) is 24.1. The molecule has 2 aromatic carbocycles. The van der Waals surface area contributed by atoms with Gasteiger partial charge in [0, 0.05) is 37.3 Å². The summed E-state index contributed by atoms with van der Waals surface area (Å²) in [5, 5.41) is 11.8. The van der Waals surface area contributed by atoms with Gasteiger partial charge in [-0.1, -0.05) is 12.1 Å². The number of carbonyl (C=O) groups excluding carboxylic acids is 1. The lowest BCUT2D eigenvalue weighted by molar-refractivity contribution is 0.0601. The van der Waals surface area contributed by atoms with E-state index in [0.717, 1.165) is 48.1 Å². The Bertz CT molecular complexity index is 1160. The number of anilines is 3. The average Bonchev–Trinajstić information content (AvgIpc) is 2.84. The molecule has 9 heteroatoms. The number of methoxy groups -OCH3 is 1. The first-order valence-corrected chi connectivity index (χ1v) is 11.8. The summed E-state index contributed by atoms with van der Waals surface area (Å²) in [4.78, 5) is 23.1. The van der Waals surface area contributed by atoms with Gasteiger partial charge in [0.25, 0.3) is 0 Å². The number of hydrogen-bond acceptors (Lipinski definition) is 7. The van der Waals surface area contributed by atoms with E-state index in [1.807, 2.05) is 49.3 Å². The highest BCUT2D eigenvalue weighted by atomic mass is 32.1. The molecular formula is C25H30N6O2S. The number of fused-ring (bicyclic) bond motifs is 1. The van der Waals surface area contributed by atoms with Gasteiger partial charge in [0.1, 0.15) is 5.82 Å². The summed E-state index contributed by atoms with van der Waals surface area (Å²) in [6, 6.07) is 15.8. The largest absolute Gasteiger partial charge is 0.465 e. The molecular weight excluding hydrogens is 448 g/mol. The Morgan fingerprint density at radius 3 is 2.35 bits per heavy atom. The molecule has 0 saturated heterocycles. The number of hydrogen-bond donors (Lipinski definition) is 3. The Morgan fingerprint density at radius 2 is 1.68 bits per heavy atom. The maximum Gasteiger partial charge on any atom is 0.337 e. The molecule has 1 aromatic heterocycles. The quantitative estimate of drug-likeness (QED) is 0.356.